The van der Waals surface area contributed by atoms with Crippen LogP contribution in [-0.4, -0.2) is 23.0 Å². The minimum Gasteiger partial charge on any atom is -0.478 e. The molecule has 1 unspecified atom stereocenters. The predicted octanol–water partition coefficient (Wildman–Crippen LogP) is 3.62. The number of rotatable bonds is 5. The van der Waals surface area contributed by atoms with Crippen LogP contribution >= 0.6 is 0 Å². The lowest BCUT2D eigenvalue weighted by Crippen LogP contribution is -2.45. The second kappa shape index (κ2) is 6.83. The first-order valence-electron chi connectivity index (χ1n) is 7.62. The number of halogens is 1. The number of aromatic carboxylic acids is 1. The topological polar surface area (TPSA) is 66.4 Å². The number of hydrogen-bond donors (Lipinski definition) is 2. The molecular weight excluding hydrogens is 309 g/mol. The highest BCUT2D eigenvalue weighted by molar-refractivity contribution is 5.96. The zero-order chi connectivity index (χ0) is 17.9. The smallest absolute Gasteiger partial charge is 0.335 e. The van der Waals surface area contributed by atoms with Gasteiger partial charge < -0.3 is 10.4 Å². The van der Waals surface area contributed by atoms with E-state index < -0.39 is 17.7 Å². The molecule has 2 N–H and O–H groups in total. The molecule has 0 saturated carbocycles. The van der Waals surface area contributed by atoms with Gasteiger partial charge >= 0.3 is 5.97 Å². The summed E-state index contributed by atoms with van der Waals surface area (Å²) in [5.41, 5.74) is 0.339. The fraction of sp³-hybridized carbons (Fsp3) is 0.263. The number of amides is 1. The Morgan fingerprint density at radius 3 is 2.29 bits per heavy atom. The van der Waals surface area contributed by atoms with Crippen LogP contribution in [0.4, 0.5) is 4.39 Å². The van der Waals surface area contributed by atoms with Gasteiger partial charge in [0, 0.05) is 11.5 Å². The summed E-state index contributed by atoms with van der Waals surface area (Å²) >= 11 is 0. The fourth-order valence-corrected chi connectivity index (χ4v) is 2.40. The van der Waals surface area contributed by atoms with Gasteiger partial charge in [0.1, 0.15) is 5.82 Å². The Balaban J connectivity index is 2.19. The van der Waals surface area contributed by atoms with Crippen LogP contribution in [0.25, 0.3) is 0 Å². The van der Waals surface area contributed by atoms with E-state index in [-0.39, 0.29) is 22.6 Å². The molecule has 0 radical (unpaired) electrons. The van der Waals surface area contributed by atoms with Crippen molar-refractivity contribution in [3.05, 3.63) is 71.0 Å². The largest absolute Gasteiger partial charge is 0.478 e. The van der Waals surface area contributed by atoms with Crippen LogP contribution in [0.5, 0.6) is 0 Å². The number of carboxylic acid groups (broad SMARTS) is 1. The summed E-state index contributed by atoms with van der Waals surface area (Å²) in [6, 6.07) is 12.7. The van der Waals surface area contributed by atoms with Gasteiger partial charge in [0.25, 0.3) is 5.91 Å². The number of hydrogen-bond acceptors (Lipinski definition) is 2. The number of nitrogens with one attached hydrogen (secondary N) is 1. The fourth-order valence-electron chi connectivity index (χ4n) is 2.40. The molecule has 0 aliphatic heterocycles. The van der Waals surface area contributed by atoms with E-state index in [1.54, 1.807) is 0 Å². The number of benzene rings is 2. The van der Waals surface area contributed by atoms with E-state index >= 15 is 0 Å². The summed E-state index contributed by atoms with van der Waals surface area (Å²) in [6.07, 6.45) is 0. The molecule has 1 atom stereocenters. The lowest BCUT2D eigenvalue weighted by atomic mass is 9.78. The van der Waals surface area contributed by atoms with E-state index in [9.17, 15) is 14.0 Å². The quantitative estimate of drug-likeness (QED) is 0.880. The monoisotopic (exact) mass is 329 g/mol. The first-order valence-corrected chi connectivity index (χ1v) is 7.62. The molecule has 0 fully saturated rings. The predicted molar refractivity (Wildman–Crippen MR) is 89.8 cm³/mol. The number of carbonyl (C=O) groups excluding carboxylic acids is 1. The average Bonchev–Trinajstić information content (AvgIpc) is 2.55. The van der Waals surface area contributed by atoms with Crippen LogP contribution in [0.15, 0.2) is 48.5 Å². The van der Waals surface area contributed by atoms with Gasteiger partial charge in [0.05, 0.1) is 11.1 Å². The van der Waals surface area contributed by atoms with Crippen molar-refractivity contribution >= 4 is 11.9 Å². The lowest BCUT2D eigenvalue weighted by Gasteiger charge is -2.33. The second-order valence-electron chi connectivity index (χ2n) is 6.28. The van der Waals surface area contributed by atoms with Crippen molar-refractivity contribution in [3.8, 4) is 0 Å². The molecule has 0 spiro atoms. The van der Waals surface area contributed by atoms with Crippen LogP contribution in [0.3, 0.4) is 0 Å². The maximum atomic E-state index is 14.0. The Hall–Kier alpha value is -2.69. The summed E-state index contributed by atoms with van der Waals surface area (Å²) in [5, 5.41) is 11.6. The van der Waals surface area contributed by atoms with Crippen molar-refractivity contribution in [1.82, 2.24) is 5.32 Å². The summed E-state index contributed by atoms with van der Waals surface area (Å²) in [7, 11) is 0. The molecule has 24 heavy (non-hydrogen) atoms. The van der Waals surface area contributed by atoms with Crippen molar-refractivity contribution < 1.29 is 19.1 Å². The molecule has 126 valence electrons. The standard InChI is InChI=1S/C19H20FNO3/c1-12(19(2,3)14-7-5-4-6-8-14)21-17(22)15-10-9-13(18(23)24)11-16(15)20/h4-12H,1-3H3,(H,21,22)(H,23,24). The molecular formula is C19H20FNO3. The van der Waals surface area contributed by atoms with Gasteiger partial charge in [0.2, 0.25) is 0 Å². The Bertz CT molecular complexity index is 756. The third-order valence-electron chi connectivity index (χ3n) is 4.41. The normalized spacial score (nSPS) is 12.5. The molecule has 0 saturated heterocycles. The summed E-state index contributed by atoms with van der Waals surface area (Å²) in [4.78, 5) is 23.2. The van der Waals surface area contributed by atoms with Crippen molar-refractivity contribution in [2.45, 2.75) is 32.2 Å². The Morgan fingerprint density at radius 2 is 1.75 bits per heavy atom. The first kappa shape index (κ1) is 17.7. The number of carboxylic acids is 1. The van der Waals surface area contributed by atoms with Gasteiger partial charge in [-0.2, -0.15) is 0 Å². The molecule has 2 rings (SSSR count). The van der Waals surface area contributed by atoms with E-state index in [1.807, 2.05) is 51.1 Å². The average molecular weight is 329 g/mol. The summed E-state index contributed by atoms with van der Waals surface area (Å²) < 4.78 is 14.0. The Kier molecular flexibility index (Phi) is 5.02. The molecule has 0 bridgehead atoms. The van der Waals surface area contributed by atoms with Gasteiger partial charge in [-0.15, -0.1) is 0 Å². The molecule has 5 heteroatoms. The van der Waals surface area contributed by atoms with Crippen molar-refractivity contribution in [1.29, 1.82) is 0 Å². The van der Waals surface area contributed by atoms with Crippen LogP contribution < -0.4 is 5.32 Å². The SMILES string of the molecule is CC(NC(=O)c1ccc(C(=O)O)cc1F)C(C)(C)c1ccccc1. The maximum Gasteiger partial charge on any atom is 0.335 e. The van der Waals surface area contributed by atoms with E-state index in [0.29, 0.717) is 0 Å². The zero-order valence-corrected chi connectivity index (χ0v) is 13.8. The first-order chi connectivity index (χ1) is 11.2. The van der Waals surface area contributed by atoms with Gasteiger partial charge in [-0.25, -0.2) is 9.18 Å². The van der Waals surface area contributed by atoms with Crippen molar-refractivity contribution in [3.63, 3.8) is 0 Å². The highest BCUT2D eigenvalue weighted by Gasteiger charge is 2.29. The molecule has 0 heterocycles. The summed E-state index contributed by atoms with van der Waals surface area (Å²) in [5.74, 6) is -2.66. The van der Waals surface area contributed by atoms with Gasteiger partial charge in [-0.3, -0.25) is 4.79 Å². The van der Waals surface area contributed by atoms with Crippen molar-refractivity contribution in [2.75, 3.05) is 0 Å². The van der Waals surface area contributed by atoms with Crippen LogP contribution in [0, 0.1) is 5.82 Å². The molecule has 0 aliphatic rings. The lowest BCUT2D eigenvalue weighted by molar-refractivity contribution is 0.0695. The Morgan fingerprint density at radius 1 is 1.12 bits per heavy atom. The molecule has 0 aliphatic carbocycles. The van der Waals surface area contributed by atoms with Crippen LogP contribution in [0.2, 0.25) is 0 Å². The van der Waals surface area contributed by atoms with E-state index in [2.05, 4.69) is 5.32 Å². The minimum atomic E-state index is -1.24. The van der Waals surface area contributed by atoms with Crippen molar-refractivity contribution in [2.24, 2.45) is 0 Å². The van der Waals surface area contributed by atoms with Gasteiger partial charge in [-0.1, -0.05) is 44.2 Å². The zero-order valence-electron chi connectivity index (χ0n) is 13.8. The Labute approximate surface area is 140 Å². The van der Waals surface area contributed by atoms with Crippen LogP contribution in [-0.2, 0) is 5.41 Å². The molecule has 4 nitrogen and oxygen atoms in total. The molecule has 2 aromatic carbocycles. The number of carbonyl (C=O) groups is 2. The van der Waals surface area contributed by atoms with Gasteiger partial charge in [0.15, 0.2) is 0 Å². The molecule has 1 amide bonds. The third kappa shape index (κ3) is 3.62. The molecule has 0 aromatic heterocycles. The van der Waals surface area contributed by atoms with E-state index in [4.69, 9.17) is 5.11 Å². The van der Waals surface area contributed by atoms with E-state index in [0.717, 1.165) is 11.6 Å². The summed E-state index contributed by atoms with van der Waals surface area (Å²) in [6.45, 7) is 5.85. The minimum absolute atomic E-state index is 0.171. The van der Waals surface area contributed by atoms with Gasteiger partial charge in [-0.05, 0) is 30.7 Å². The van der Waals surface area contributed by atoms with E-state index in [1.165, 1.54) is 12.1 Å². The highest BCUT2D eigenvalue weighted by atomic mass is 19.1. The molecule has 2 aromatic rings. The highest BCUT2D eigenvalue weighted by Crippen LogP contribution is 2.27. The van der Waals surface area contributed by atoms with Crippen LogP contribution in [0.1, 0.15) is 47.1 Å². The second-order valence-corrected chi connectivity index (χ2v) is 6.28. The maximum absolute atomic E-state index is 14.0. The third-order valence-corrected chi connectivity index (χ3v) is 4.41.